The second-order valence-corrected chi connectivity index (χ2v) is 6.57. The summed E-state index contributed by atoms with van der Waals surface area (Å²) in [6.45, 7) is 2.04. The van der Waals surface area contributed by atoms with E-state index in [4.69, 9.17) is 0 Å². The number of nitrogens with one attached hydrogen (secondary N) is 1. The minimum absolute atomic E-state index is 0.181. The molecule has 0 aromatic heterocycles. The minimum Gasteiger partial charge on any atom is -0.316 e. The molecule has 1 N–H and O–H groups in total. The van der Waals surface area contributed by atoms with Crippen LogP contribution in [0.1, 0.15) is 23.5 Å². The average molecular weight is 348 g/mol. The van der Waals surface area contributed by atoms with Crippen LogP contribution >= 0.6 is 15.9 Å². The lowest BCUT2D eigenvalue weighted by molar-refractivity contribution is 0.323. The summed E-state index contributed by atoms with van der Waals surface area (Å²) in [6.07, 6.45) is 2.16. The van der Waals surface area contributed by atoms with E-state index in [9.17, 15) is 4.39 Å². The normalized spacial score (nSPS) is 22.2. The third-order valence-corrected chi connectivity index (χ3v) is 5.00. The maximum absolute atomic E-state index is 13.3. The highest BCUT2D eigenvalue weighted by atomic mass is 79.9. The van der Waals surface area contributed by atoms with Gasteiger partial charge < -0.3 is 5.32 Å². The van der Waals surface area contributed by atoms with Crippen molar-refractivity contribution in [1.82, 2.24) is 5.32 Å². The molecule has 0 aliphatic carbocycles. The molecule has 1 heterocycles. The van der Waals surface area contributed by atoms with E-state index in [0.29, 0.717) is 11.8 Å². The van der Waals surface area contributed by atoms with E-state index < -0.39 is 0 Å². The molecule has 0 amide bonds. The Balaban J connectivity index is 1.84. The zero-order valence-electron chi connectivity index (χ0n) is 11.9. The van der Waals surface area contributed by atoms with Crippen LogP contribution in [0.15, 0.2) is 53.0 Å². The molecule has 1 saturated heterocycles. The van der Waals surface area contributed by atoms with Gasteiger partial charge in [0.05, 0.1) is 0 Å². The summed E-state index contributed by atoms with van der Waals surface area (Å²) in [6, 6.07) is 15.7. The fraction of sp³-hybridized carbons (Fsp3) is 0.333. The Morgan fingerprint density at radius 1 is 1.14 bits per heavy atom. The number of halogens is 2. The Morgan fingerprint density at radius 2 is 1.95 bits per heavy atom. The maximum atomic E-state index is 13.3. The lowest BCUT2D eigenvalue weighted by Crippen LogP contribution is -2.36. The van der Waals surface area contributed by atoms with Crippen LogP contribution in [0, 0.1) is 11.7 Å². The van der Waals surface area contributed by atoms with Crippen molar-refractivity contribution >= 4 is 15.9 Å². The zero-order chi connectivity index (χ0) is 14.7. The monoisotopic (exact) mass is 347 g/mol. The molecular weight excluding hydrogens is 329 g/mol. The molecule has 2 unspecified atom stereocenters. The first-order chi connectivity index (χ1) is 10.2. The van der Waals surface area contributed by atoms with Crippen LogP contribution < -0.4 is 5.32 Å². The summed E-state index contributed by atoms with van der Waals surface area (Å²) >= 11 is 3.54. The van der Waals surface area contributed by atoms with Gasteiger partial charge in [-0.25, -0.2) is 4.39 Å². The van der Waals surface area contributed by atoms with E-state index in [1.807, 2.05) is 6.07 Å². The van der Waals surface area contributed by atoms with Gasteiger partial charge in [0.1, 0.15) is 5.82 Å². The highest BCUT2D eigenvalue weighted by Gasteiger charge is 2.27. The van der Waals surface area contributed by atoms with Crippen molar-refractivity contribution in [2.45, 2.75) is 18.8 Å². The lowest BCUT2D eigenvalue weighted by Gasteiger charge is -2.33. The summed E-state index contributed by atoms with van der Waals surface area (Å²) in [5.41, 5.74) is 2.60. The lowest BCUT2D eigenvalue weighted by atomic mass is 9.78. The molecule has 1 aliphatic heterocycles. The van der Waals surface area contributed by atoms with Crippen molar-refractivity contribution in [1.29, 1.82) is 0 Å². The molecule has 0 spiro atoms. The van der Waals surface area contributed by atoms with Crippen molar-refractivity contribution in [2.75, 3.05) is 13.1 Å². The van der Waals surface area contributed by atoms with Gasteiger partial charge in [-0.1, -0.05) is 52.3 Å². The third-order valence-electron chi connectivity index (χ3n) is 4.31. The van der Waals surface area contributed by atoms with Gasteiger partial charge in [-0.3, -0.25) is 0 Å². The van der Waals surface area contributed by atoms with Gasteiger partial charge in [0.15, 0.2) is 0 Å². The molecule has 1 aliphatic rings. The van der Waals surface area contributed by atoms with Crippen LogP contribution in [0.3, 0.4) is 0 Å². The van der Waals surface area contributed by atoms with E-state index in [1.54, 1.807) is 12.1 Å². The van der Waals surface area contributed by atoms with E-state index in [0.717, 1.165) is 30.4 Å². The minimum atomic E-state index is -0.181. The van der Waals surface area contributed by atoms with Gasteiger partial charge in [-0.15, -0.1) is 0 Å². The first kappa shape index (κ1) is 14.7. The van der Waals surface area contributed by atoms with Gasteiger partial charge in [-0.05, 0) is 61.0 Å². The van der Waals surface area contributed by atoms with E-state index in [-0.39, 0.29) is 5.82 Å². The Labute approximate surface area is 133 Å². The van der Waals surface area contributed by atoms with Crippen LogP contribution in [0.5, 0.6) is 0 Å². The second kappa shape index (κ2) is 6.71. The summed E-state index contributed by atoms with van der Waals surface area (Å²) < 4.78 is 14.2. The molecule has 1 fully saturated rings. The van der Waals surface area contributed by atoms with Crippen molar-refractivity contribution in [3.63, 3.8) is 0 Å². The Hall–Kier alpha value is -1.19. The molecule has 2 aromatic carbocycles. The van der Waals surface area contributed by atoms with Crippen LogP contribution in [-0.4, -0.2) is 13.1 Å². The van der Waals surface area contributed by atoms with Crippen LogP contribution in [0.2, 0.25) is 0 Å². The molecule has 2 aromatic rings. The van der Waals surface area contributed by atoms with Crippen LogP contribution in [0.4, 0.5) is 4.39 Å². The van der Waals surface area contributed by atoms with Gasteiger partial charge in [0.2, 0.25) is 0 Å². The number of hydrogen-bond acceptors (Lipinski definition) is 1. The van der Waals surface area contributed by atoms with Crippen molar-refractivity contribution < 1.29 is 4.39 Å². The molecule has 0 bridgehead atoms. The first-order valence-electron chi connectivity index (χ1n) is 7.43. The van der Waals surface area contributed by atoms with Crippen LogP contribution in [0.25, 0.3) is 0 Å². The Kier molecular flexibility index (Phi) is 4.71. The van der Waals surface area contributed by atoms with Crippen molar-refractivity contribution in [2.24, 2.45) is 5.92 Å². The van der Waals surface area contributed by atoms with Gasteiger partial charge in [0.25, 0.3) is 0 Å². The van der Waals surface area contributed by atoms with Gasteiger partial charge >= 0.3 is 0 Å². The number of piperidine rings is 1. The summed E-state index contributed by atoms with van der Waals surface area (Å²) in [5.74, 6) is 0.837. The maximum Gasteiger partial charge on any atom is 0.124 e. The molecule has 110 valence electrons. The smallest absolute Gasteiger partial charge is 0.124 e. The molecule has 0 radical (unpaired) electrons. The first-order valence-corrected chi connectivity index (χ1v) is 8.23. The van der Waals surface area contributed by atoms with Gasteiger partial charge in [0, 0.05) is 4.47 Å². The highest BCUT2D eigenvalue weighted by molar-refractivity contribution is 9.10. The van der Waals surface area contributed by atoms with E-state index in [1.165, 1.54) is 11.1 Å². The molecule has 3 rings (SSSR count). The summed E-state index contributed by atoms with van der Waals surface area (Å²) in [7, 11) is 0. The standard InChI is InChI=1S/C18H19BrFN/c19-18-11-15(20)6-7-17(18)16-8-9-21-12-14(16)10-13-4-2-1-3-5-13/h1-7,11,14,16,21H,8-10,12H2. The number of rotatable bonds is 3. The number of hydrogen-bond donors (Lipinski definition) is 1. The highest BCUT2D eigenvalue weighted by Crippen LogP contribution is 2.36. The van der Waals surface area contributed by atoms with E-state index in [2.05, 4.69) is 51.6 Å². The van der Waals surface area contributed by atoms with Gasteiger partial charge in [-0.2, -0.15) is 0 Å². The summed E-state index contributed by atoms with van der Waals surface area (Å²) in [4.78, 5) is 0. The zero-order valence-corrected chi connectivity index (χ0v) is 13.4. The fourth-order valence-corrected chi connectivity index (χ4v) is 3.91. The number of benzene rings is 2. The summed E-state index contributed by atoms with van der Waals surface area (Å²) in [5, 5.41) is 3.50. The van der Waals surface area contributed by atoms with Crippen molar-refractivity contribution in [3.8, 4) is 0 Å². The molecule has 0 saturated carbocycles. The average Bonchev–Trinajstić information content (AvgIpc) is 2.49. The topological polar surface area (TPSA) is 12.0 Å². The predicted octanol–water partition coefficient (Wildman–Crippen LogP) is 4.52. The predicted molar refractivity (Wildman–Crippen MR) is 88.0 cm³/mol. The quantitative estimate of drug-likeness (QED) is 0.860. The SMILES string of the molecule is Fc1ccc(C2CCNCC2Cc2ccccc2)c(Br)c1. The van der Waals surface area contributed by atoms with Crippen molar-refractivity contribution in [3.05, 3.63) is 69.9 Å². The molecule has 1 nitrogen and oxygen atoms in total. The van der Waals surface area contributed by atoms with Crippen LogP contribution in [-0.2, 0) is 6.42 Å². The largest absolute Gasteiger partial charge is 0.316 e. The molecule has 21 heavy (non-hydrogen) atoms. The molecular formula is C18H19BrFN. The Morgan fingerprint density at radius 3 is 2.71 bits per heavy atom. The molecule has 2 atom stereocenters. The Bertz CT molecular complexity index is 599. The molecule has 3 heteroatoms. The van der Waals surface area contributed by atoms with E-state index >= 15 is 0 Å². The third kappa shape index (κ3) is 3.53. The fourth-order valence-electron chi connectivity index (χ4n) is 3.27. The second-order valence-electron chi connectivity index (χ2n) is 5.71.